The molecule has 8 heteroatoms. The highest BCUT2D eigenvalue weighted by Crippen LogP contribution is 2.64. The number of carbonyl (C=O) groups is 1. The highest BCUT2D eigenvalue weighted by molar-refractivity contribution is 7.80. The van der Waals surface area contributed by atoms with Crippen LogP contribution < -0.4 is 0 Å². The Balaban J connectivity index is 1.47. The van der Waals surface area contributed by atoms with Crippen molar-refractivity contribution in [2.45, 2.75) is 90.3 Å². The number of carboxylic acids is 1. The molecule has 4 aliphatic rings. The van der Waals surface area contributed by atoms with Gasteiger partial charge in [0.2, 0.25) is 0 Å². The number of carboxylic acid groups (broad SMARTS) is 1. The molecular weight excluding hydrogens is 420 g/mol. The Morgan fingerprint density at radius 2 is 1.84 bits per heavy atom. The predicted molar refractivity (Wildman–Crippen MR) is 114 cm³/mol. The predicted octanol–water partition coefficient (Wildman–Crippen LogP) is 3.91. The summed E-state index contributed by atoms with van der Waals surface area (Å²) < 4.78 is 36.3. The van der Waals surface area contributed by atoms with E-state index >= 15 is 0 Å². The van der Waals surface area contributed by atoms with Crippen LogP contribution in [0.2, 0.25) is 0 Å². The summed E-state index contributed by atoms with van der Waals surface area (Å²) in [5, 5.41) is 20.3. The fourth-order valence-electron chi connectivity index (χ4n) is 8.42. The molecule has 4 fully saturated rings. The van der Waals surface area contributed by atoms with E-state index in [-0.39, 0.29) is 23.9 Å². The first-order valence-electron chi connectivity index (χ1n) is 12.0. The quantitative estimate of drug-likeness (QED) is 0.516. The molecule has 4 aliphatic carbocycles. The van der Waals surface area contributed by atoms with Gasteiger partial charge in [0.05, 0.1) is 12.2 Å². The van der Waals surface area contributed by atoms with E-state index in [2.05, 4.69) is 13.8 Å². The summed E-state index contributed by atoms with van der Waals surface area (Å²) in [7, 11) is -4.43. The Kier molecular flexibility index (Phi) is 6.49. The van der Waals surface area contributed by atoms with E-state index in [4.69, 9.17) is 13.8 Å². The second-order valence-electron chi connectivity index (χ2n) is 11.2. The molecule has 10 unspecified atom stereocenters. The lowest BCUT2D eigenvalue weighted by Crippen LogP contribution is -2.55. The van der Waals surface area contributed by atoms with E-state index in [1.54, 1.807) is 0 Å². The van der Waals surface area contributed by atoms with Gasteiger partial charge in [0.1, 0.15) is 0 Å². The van der Waals surface area contributed by atoms with Gasteiger partial charge >= 0.3 is 16.4 Å². The summed E-state index contributed by atoms with van der Waals surface area (Å²) in [6.07, 6.45) is 7.38. The van der Waals surface area contributed by atoms with Gasteiger partial charge in [-0.2, -0.15) is 8.42 Å². The van der Waals surface area contributed by atoms with Crippen molar-refractivity contribution < 1.29 is 32.2 Å². The summed E-state index contributed by atoms with van der Waals surface area (Å²) in [4.78, 5) is 11.0. The topological polar surface area (TPSA) is 121 Å². The van der Waals surface area contributed by atoms with Crippen molar-refractivity contribution >= 4 is 16.4 Å². The fraction of sp³-hybridized carbons (Fsp3) is 0.957. The van der Waals surface area contributed by atoms with Gasteiger partial charge in [0, 0.05) is 6.42 Å². The van der Waals surface area contributed by atoms with Crippen LogP contribution in [0.5, 0.6) is 0 Å². The maximum Gasteiger partial charge on any atom is 0.397 e. The van der Waals surface area contributed by atoms with Crippen LogP contribution in [-0.2, 0) is 19.4 Å². The minimum atomic E-state index is -4.43. The smallest absolute Gasteiger partial charge is 0.397 e. The number of aliphatic carboxylic acids is 1. The van der Waals surface area contributed by atoms with E-state index in [1.165, 1.54) is 0 Å². The largest absolute Gasteiger partial charge is 0.481 e. The van der Waals surface area contributed by atoms with Crippen LogP contribution in [0, 0.1) is 46.8 Å². The summed E-state index contributed by atoms with van der Waals surface area (Å²) in [6, 6.07) is 0. The molecule has 0 amide bonds. The molecule has 10 atom stereocenters. The van der Waals surface area contributed by atoms with Crippen LogP contribution in [0.15, 0.2) is 0 Å². The zero-order valence-electron chi connectivity index (χ0n) is 18.7. The first-order valence-corrected chi connectivity index (χ1v) is 13.4. The highest BCUT2D eigenvalue weighted by atomic mass is 32.3. The Hall–Kier alpha value is -0.700. The van der Waals surface area contributed by atoms with Crippen molar-refractivity contribution in [3.8, 4) is 0 Å². The molecule has 0 spiro atoms. The molecule has 4 rings (SSSR count). The Morgan fingerprint density at radius 3 is 2.52 bits per heavy atom. The van der Waals surface area contributed by atoms with E-state index in [0.29, 0.717) is 54.8 Å². The third-order valence-electron chi connectivity index (χ3n) is 9.81. The maximum absolute atomic E-state index is 11.3. The molecule has 3 N–H and O–H groups in total. The third-order valence-corrected chi connectivity index (χ3v) is 10.3. The van der Waals surface area contributed by atoms with Gasteiger partial charge in [0.15, 0.2) is 0 Å². The van der Waals surface area contributed by atoms with E-state index in [1.807, 2.05) is 0 Å². The standard InChI is InChI=1S/C23H38O7S/c1-13(3-8-21(25)26)16-6-7-18-17-5-4-14-11-15(30-31(27,28)29)9-10-23(14,2)19(17)12-20(24)22(16)18/h13-20,22,24H,3-12H2,1-2H3,(H,25,26)(H,27,28,29). The van der Waals surface area contributed by atoms with E-state index in [9.17, 15) is 18.3 Å². The zero-order valence-corrected chi connectivity index (χ0v) is 19.5. The molecule has 0 radical (unpaired) electrons. The summed E-state index contributed by atoms with van der Waals surface area (Å²) >= 11 is 0. The van der Waals surface area contributed by atoms with Gasteiger partial charge in [-0.15, -0.1) is 0 Å². The third kappa shape index (κ3) is 4.55. The van der Waals surface area contributed by atoms with Crippen molar-refractivity contribution in [3.05, 3.63) is 0 Å². The molecule has 178 valence electrons. The SMILES string of the molecule is CC(CCC(=O)O)C1CCC2C3CCC4CC(OS(=O)(=O)O)CCC4(C)C3CC(O)C12. The minimum absolute atomic E-state index is 0.0704. The van der Waals surface area contributed by atoms with Crippen LogP contribution in [0.1, 0.15) is 78.1 Å². The number of hydrogen-bond donors (Lipinski definition) is 3. The second-order valence-corrected chi connectivity index (χ2v) is 12.2. The van der Waals surface area contributed by atoms with Gasteiger partial charge in [-0.3, -0.25) is 9.35 Å². The van der Waals surface area contributed by atoms with Crippen molar-refractivity contribution in [2.24, 2.45) is 46.8 Å². The Bertz CT molecular complexity index is 783. The highest BCUT2D eigenvalue weighted by Gasteiger charge is 2.59. The molecular formula is C23H38O7S. The van der Waals surface area contributed by atoms with E-state index in [0.717, 1.165) is 38.5 Å². The zero-order chi connectivity index (χ0) is 22.6. The van der Waals surface area contributed by atoms with Crippen LogP contribution in [0.4, 0.5) is 0 Å². The molecule has 0 saturated heterocycles. The lowest BCUT2D eigenvalue weighted by atomic mass is 9.46. The Labute approximate surface area is 185 Å². The molecule has 7 nitrogen and oxygen atoms in total. The Morgan fingerprint density at radius 1 is 1.13 bits per heavy atom. The van der Waals surface area contributed by atoms with Crippen LogP contribution in [0.25, 0.3) is 0 Å². The fourth-order valence-corrected chi connectivity index (χ4v) is 8.94. The average Bonchev–Trinajstić information content (AvgIpc) is 3.12. The molecule has 0 heterocycles. The lowest BCUT2D eigenvalue weighted by molar-refractivity contribution is -0.141. The molecule has 4 saturated carbocycles. The monoisotopic (exact) mass is 458 g/mol. The summed E-state index contributed by atoms with van der Waals surface area (Å²) in [5.41, 5.74) is 0.0704. The average molecular weight is 459 g/mol. The van der Waals surface area contributed by atoms with E-state index < -0.39 is 22.5 Å². The van der Waals surface area contributed by atoms with Crippen LogP contribution >= 0.6 is 0 Å². The van der Waals surface area contributed by atoms with Crippen molar-refractivity contribution in [2.75, 3.05) is 0 Å². The molecule has 0 aromatic rings. The van der Waals surface area contributed by atoms with Crippen molar-refractivity contribution in [3.63, 3.8) is 0 Å². The van der Waals surface area contributed by atoms with Crippen molar-refractivity contribution in [1.29, 1.82) is 0 Å². The number of aliphatic hydroxyl groups is 1. The van der Waals surface area contributed by atoms with Gasteiger partial charge in [-0.1, -0.05) is 13.8 Å². The molecule has 0 aromatic carbocycles. The van der Waals surface area contributed by atoms with Gasteiger partial charge in [-0.25, -0.2) is 4.18 Å². The summed E-state index contributed by atoms with van der Waals surface area (Å²) in [6.45, 7) is 4.48. The maximum atomic E-state index is 11.3. The van der Waals surface area contributed by atoms with Crippen LogP contribution in [0.3, 0.4) is 0 Å². The number of aliphatic hydroxyl groups excluding tert-OH is 1. The molecule has 0 bridgehead atoms. The summed E-state index contributed by atoms with van der Waals surface area (Å²) in [5.74, 6) is 2.14. The number of hydrogen-bond acceptors (Lipinski definition) is 5. The first kappa shape index (κ1) is 23.5. The lowest BCUT2D eigenvalue weighted by Gasteiger charge is -2.60. The first-order chi connectivity index (χ1) is 14.5. The number of fused-ring (bicyclic) bond motifs is 5. The number of rotatable bonds is 6. The minimum Gasteiger partial charge on any atom is -0.481 e. The van der Waals surface area contributed by atoms with Gasteiger partial charge < -0.3 is 10.2 Å². The van der Waals surface area contributed by atoms with Crippen LogP contribution in [-0.4, -0.2) is 41.4 Å². The van der Waals surface area contributed by atoms with Gasteiger partial charge in [0.25, 0.3) is 0 Å². The second kappa shape index (κ2) is 8.58. The molecule has 0 aliphatic heterocycles. The van der Waals surface area contributed by atoms with Crippen molar-refractivity contribution in [1.82, 2.24) is 0 Å². The van der Waals surface area contributed by atoms with Gasteiger partial charge in [-0.05, 0) is 105 Å². The molecule has 0 aromatic heterocycles. The molecule has 31 heavy (non-hydrogen) atoms. The normalized spacial score (nSPS) is 45.9.